The van der Waals surface area contributed by atoms with Crippen LogP contribution in [-0.4, -0.2) is 38.7 Å². The van der Waals surface area contributed by atoms with E-state index in [2.05, 4.69) is 10.6 Å². The van der Waals surface area contributed by atoms with Gasteiger partial charge in [0.1, 0.15) is 5.75 Å². The van der Waals surface area contributed by atoms with Crippen LogP contribution < -0.4 is 15.4 Å². The number of amides is 2. The lowest BCUT2D eigenvalue weighted by atomic mass is 10.1. The summed E-state index contributed by atoms with van der Waals surface area (Å²) in [7, 11) is 1.62. The Hall–Kier alpha value is -3.38. The summed E-state index contributed by atoms with van der Waals surface area (Å²) in [5, 5.41) is 7.57. The number of ether oxygens (including phenoxy) is 2. The molecule has 6 nitrogen and oxygen atoms in total. The van der Waals surface area contributed by atoms with Gasteiger partial charge in [0.2, 0.25) is 0 Å². The zero-order chi connectivity index (χ0) is 20.5. The van der Waals surface area contributed by atoms with Gasteiger partial charge >= 0.3 is 0 Å². The molecule has 3 rings (SSSR count). The summed E-state index contributed by atoms with van der Waals surface area (Å²) in [6.07, 6.45) is 0.718. The summed E-state index contributed by atoms with van der Waals surface area (Å²) in [5.74, 6) is 0.0620. The molecule has 29 heavy (non-hydrogen) atoms. The van der Waals surface area contributed by atoms with Crippen molar-refractivity contribution in [2.45, 2.75) is 6.42 Å². The Kier molecular flexibility index (Phi) is 7.19. The zero-order valence-corrected chi connectivity index (χ0v) is 16.3. The molecule has 0 atom stereocenters. The van der Waals surface area contributed by atoms with Crippen molar-refractivity contribution in [3.05, 3.63) is 72.3 Å². The van der Waals surface area contributed by atoms with Gasteiger partial charge in [-0.3, -0.25) is 9.59 Å². The topological polar surface area (TPSA) is 76.7 Å². The summed E-state index contributed by atoms with van der Waals surface area (Å²) in [4.78, 5) is 24.8. The highest BCUT2D eigenvalue weighted by atomic mass is 16.5. The maximum Gasteiger partial charge on any atom is 0.262 e. The fraction of sp³-hybridized carbons (Fsp3) is 0.217. The first-order valence-corrected chi connectivity index (χ1v) is 9.45. The summed E-state index contributed by atoms with van der Waals surface area (Å²) in [5.41, 5.74) is 0.853. The van der Waals surface area contributed by atoms with Gasteiger partial charge in [0, 0.05) is 25.6 Å². The van der Waals surface area contributed by atoms with Crippen LogP contribution in [0.1, 0.15) is 16.8 Å². The van der Waals surface area contributed by atoms with Crippen LogP contribution in [-0.2, 0) is 9.53 Å². The van der Waals surface area contributed by atoms with Crippen LogP contribution in [0.4, 0.5) is 5.69 Å². The standard InChI is InChI=1S/C23H24N2O4/c1-28-15-7-14-24-23(27)19-11-4-5-12-20(19)25-22(26)16-29-21-13-6-9-17-8-2-3-10-18(17)21/h2-6,8-13H,7,14-16H2,1H3,(H,24,27)(H,25,26). The second-order valence-corrected chi connectivity index (χ2v) is 6.46. The zero-order valence-electron chi connectivity index (χ0n) is 16.3. The molecule has 0 aliphatic heterocycles. The highest BCUT2D eigenvalue weighted by molar-refractivity contribution is 6.04. The Balaban J connectivity index is 1.61. The van der Waals surface area contributed by atoms with Crippen molar-refractivity contribution in [2.75, 3.05) is 32.2 Å². The number of methoxy groups -OCH3 is 1. The lowest BCUT2D eigenvalue weighted by molar-refractivity contribution is -0.118. The minimum Gasteiger partial charge on any atom is -0.483 e. The number of carbonyl (C=O) groups excluding carboxylic acids is 2. The molecule has 2 amide bonds. The third kappa shape index (κ3) is 5.56. The minimum absolute atomic E-state index is 0.155. The normalized spacial score (nSPS) is 10.5. The summed E-state index contributed by atoms with van der Waals surface area (Å²) in [6, 6.07) is 20.4. The lowest BCUT2D eigenvalue weighted by Gasteiger charge is -2.13. The summed E-state index contributed by atoms with van der Waals surface area (Å²) < 4.78 is 10.7. The fourth-order valence-corrected chi connectivity index (χ4v) is 2.95. The number of hydrogen-bond acceptors (Lipinski definition) is 4. The average Bonchev–Trinajstić information content (AvgIpc) is 2.75. The molecule has 0 aliphatic carbocycles. The summed E-state index contributed by atoms with van der Waals surface area (Å²) in [6.45, 7) is 0.918. The van der Waals surface area contributed by atoms with Crippen molar-refractivity contribution in [1.29, 1.82) is 0 Å². The van der Waals surface area contributed by atoms with Crippen LogP contribution in [0.3, 0.4) is 0 Å². The summed E-state index contributed by atoms with van der Waals surface area (Å²) >= 11 is 0. The first kappa shape index (κ1) is 20.4. The Bertz CT molecular complexity index is 982. The second kappa shape index (κ2) is 10.2. The fourth-order valence-electron chi connectivity index (χ4n) is 2.95. The van der Waals surface area contributed by atoms with E-state index < -0.39 is 0 Å². The average molecular weight is 392 g/mol. The molecule has 150 valence electrons. The van der Waals surface area contributed by atoms with Crippen molar-refractivity contribution in [2.24, 2.45) is 0 Å². The van der Waals surface area contributed by atoms with E-state index >= 15 is 0 Å². The van der Waals surface area contributed by atoms with E-state index in [1.54, 1.807) is 31.4 Å². The van der Waals surface area contributed by atoms with E-state index in [0.29, 0.717) is 30.2 Å². The van der Waals surface area contributed by atoms with E-state index in [-0.39, 0.29) is 18.4 Å². The molecule has 0 fully saturated rings. The monoisotopic (exact) mass is 392 g/mol. The third-order valence-electron chi connectivity index (χ3n) is 4.36. The van der Waals surface area contributed by atoms with Crippen LogP contribution in [0.5, 0.6) is 5.75 Å². The molecule has 0 aliphatic rings. The molecule has 0 radical (unpaired) electrons. The molecule has 3 aromatic rings. The van der Waals surface area contributed by atoms with E-state index in [0.717, 1.165) is 17.2 Å². The van der Waals surface area contributed by atoms with Crippen LogP contribution in [0.25, 0.3) is 10.8 Å². The van der Waals surface area contributed by atoms with Crippen molar-refractivity contribution >= 4 is 28.3 Å². The number of nitrogens with one attached hydrogen (secondary N) is 2. The predicted octanol–water partition coefficient (Wildman–Crippen LogP) is 3.62. The molecule has 0 aromatic heterocycles. The molecule has 0 bridgehead atoms. The van der Waals surface area contributed by atoms with Gasteiger partial charge in [-0.15, -0.1) is 0 Å². The van der Waals surface area contributed by atoms with Crippen molar-refractivity contribution in [1.82, 2.24) is 5.32 Å². The van der Waals surface area contributed by atoms with Crippen LogP contribution in [0.2, 0.25) is 0 Å². The molecule has 3 aromatic carbocycles. The molecular formula is C23H24N2O4. The maximum atomic E-state index is 12.4. The molecule has 0 saturated carbocycles. The third-order valence-corrected chi connectivity index (χ3v) is 4.36. The number of benzene rings is 3. The molecule has 0 unspecified atom stereocenters. The van der Waals surface area contributed by atoms with Gasteiger partial charge in [-0.25, -0.2) is 0 Å². The number of hydrogen-bond donors (Lipinski definition) is 2. The Labute approximate surface area is 169 Å². The van der Waals surface area contributed by atoms with Gasteiger partial charge < -0.3 is 20.1 Å². The van der Waals surface area contributed by atoms with Gasteiger partial charge in [-0.05, 0) is 30.0 Å². The van der Waals surface area contributed by atoms with E-state index in [9.17, 15) is 9.59 Å². The molecule has 0 saturated heterocycles. The van der Waals surface area contributed by atoms with Gasteiger partial charge in [0.25, 0.3) is 11.8 Å². The Morgan fingerprint density at radius 1 is 0.931 bits per heavy atom. The number of carbonyl (C=O) groups is 2. The van der Waals surface area contributed by atoms with Crippen molar-refractivity contribution in [3.8, 4) is 5.75 Å². The molecular weight excluding hydrogens is 368 g/mol. The van der Waals surface area contributed by atoms with Gasteiger partial charge in [-0.1, -0.05) is 48.5 Å². The highest BCUT2D eigenvalue weighted by Crippen LogP contribution is 2.25. The highest BCUT2D eigenvalue weighted by Gasteiger charge is 2.13. The first-order chi connectivity index (χ1) is 14.2. The van der Waals surface area contributed by atoms with E-state index in [4.69, 9.17) is 9.47 Å². The predicted molar refractivity (Wildman–Crippen MR) is 113 cm³/mol. The number of anilines is 1. The number of para-hydroxylation sites is 1. The van der Waals surface area contributed by atoms with Crippen LogP contribution >= 0.6 is 0 Å². The van der Waals surface area contributed by atoms with Crippen molar-refractivity contribution in [3.63, 3.8) is 0 Å². The van der Waals surface area contributed by atoms with Gasteiger partial charge in [0.15, 0.2) is 6.61 Å². The second-order valence-electron chi connectivity index (χ2n) is 6.46. The quantitative estimate of drug-likeness (QED) is 0.545. The van der Waals surface area contributed by atoms with Gasteiger partial charge in [0.05, 0.1) is 11.3 Å². The van der Waals surface area contributed by atoms with Crippen molar-refractivity contribution < 1.29 is 19.1 Å². The number of fused-ring (bicyclic) bond motifs is 1. The minimum atomic E-state index is -0.336. The van der Waals surface area contributed by atoms with E-state index in [1.165, 1.54) is 0 Å². The Morgan fingerprint density at radius 3 is 2.55 bits per heavy atom. The largest absolute Gasteiger partial charge is 0.483 e. The van der Waals surface area contributed by atoms with Crippen LogP contribution in [0.15, 0.2) is 66.7 Å². The Morgan fingerprint density at radius 2 is 1.69 bits per heavy atom. The maximum absolute atomic E-state index is 12.4. The smallest absolute Gasteiger partial charge is 0.262 e. The molecule has 6 heteroatoms. The van der Waals surface area contributed by atoms with Gasteiger partial charge in [-0.2, -0.15) is 0 Å². The molecule has 0 heterocycles. The van der Waals surface area contributed by atoms with Crippen LogP contribution in [0, 0.1) is 0 Å². The molecule has 0 spiro atoms. The molecule has 2 N–H and O–H groups in total. The first-order valence-electron chi connectivity index (χ1n) is 9.45. The number of rotatable bonds is 9. The van der Waals surface area contributed by atoms with E-state index in [1.807, 2.05) is 42.5 Å². The lowest BCUT2D eigenvalue weighted by Crippen LogP contribution is -2.27. The SMILES string of the molecule is COCCCNC(=O)c1ccccc1NC(=O)COc1cccc2ccccc12.